The summed E-state index contributed by atoms with van der Waals surface area (Å²) >= 11 is 1.69. The summed E-state index contributed by atoms with van der Waals surface area (Å²) in [6, 6.07) is 20.9. The molecule has 0 spiro atoms. The normalized spacial score (nSPS) is 13.5. The van der Waals surface area contributed by atoms with Crippen molar-refractivity contribution < 1.29 is 7.16 Å². The van der Waals surface area contributed by atoms with Crippen molar-refractivity contribution in [2.45, 2.75) is 41.0 Å². The van der Waals surface area contributed by atoms with E-state index >= 15 is 0 Å². The van der Waals surface area contributed by atoms with E-state index in [2.05, 4.69) is 67.8 Å². The number of furan rings is 1. The van der Waals surface area contributed by atoms with Crippen LogP contribution in [0.3, 0.4) is 0 Å². The summed E-state index contributed by atoms with van der Waals surface area (Å²) in [6.07, 6.45) is 0.152. The summed E-state index contributed by atoms with van der Waals surface area (Å²) < 4.78 is 25.9. The number of benzene rings is 3. The van der Waals surface area contributed by atoms with Crippen molar-refractivity contribution in [1.29, 1.82) is 0 Å². The minimum absolute atomic E-state index is 0.605. The number of aromatic nitrogens is 1. The predicted molar refractivity (Wildman–Crippen MR) is 150 cm³/mol. The van der Waals surface area contributed by atoms with Crippen molar-refractivity contribution >= 4 is 43.4 Å². The molecule has 2 nitrogen and oxygen atoms in total. The molecule has 0 saturated heterocycles. The minimum atomic E-state index is -1.58. The third-order valence-electron chi connectivity index (χ3n) is 6.53. The summed E-state index contributed by atoms with van der Waals surface area (Å²) in [5.41, 5.74) is 7.59. The van der Waals surface area contributed by atoms with Gasteiger partial charge in [0.05, 0.1) is 10.4 Å². The SMILES string of the molecule is [2H]C([2H])(c1cnc(-c2cccc3c2oc2c3ccc3ccsc32)cc1-c1c(C)cccc1C)C(C)(C)C. The quantitative estimate of drug-likeness (QED) is 0.253. The van der Waals surface area contributed by atoms with Gasteiger partial charge in [-0.2, -0.15) is 0 Å². The van der Waals surface area contributed by atoms with Gasteiger partial charge in [-0.15, -0.1) is 11.3 Å². The van der Waals surface area contributed by atoms with E-state index in [1.807, 2.05) is 32.9 Å². The summed E-state index contributed by atoms with van der Waals surface area (Å²) in [7, 11) is 0. The minimum Gasteiger partial charge on any atom is -0.454 e. The highest BCUT2D eigenvalue weighted by molar-refractivity contribution is 7.18. The Morgan fingerprint density at radius 1 is 0.886 bits per heavy atom. The molecule has 3 aromatic heterocycles. The van der Waals surface area contributed by atoms with Gasteiger partial charge in [0.15, 0.2) is 5.58 Å². The van der Waals surface area contributed by atoms with Crippen LogP contribution in [-0.2, 0) is 6.37 Å². The number of para-hydroxylation sites is 1. The zero-order valence-corrected chi connectivity index (χ0v) is 21.5. The van der Waals surface area contributed by atoms with Gasteiger partial charge in [-0.1, -0.05) is 57.2 Å². The van der Waals surface area contributed by atoms with E-state index in [1.54, 1.807) is 17.5 Å². The molecule has 6 rings (SSSR count). The van der Waals surface area contributed by atoms with Gasteiger partial charge in [-0.25, -0.2) is 0 Å². The van der Waals surface area contributed by atoms with Crippen LogP contribution in [0.4, 0.5) is 0 Å². The molecule has 0 saturated carbocycles. The summed E-state index contributed by atoms with van der Waals surface area (Å²) in [4.78, 5) is 4.85. The first kappa shape index (κ1) is 19.8. The molecule has 0 unspecified atom stereocenters. The Morgan fingerprint density at radius 2 is 1.63 bits per heavy atom. The van der Waals surface area contributed by atoms with E-state index < -0.39 is 11.8 Å². The number of pyridine rings is 1. The van der Waals surface area contributed by atoms with Crippen LogP contribution in [-0.4, -0.2) is 4.98 Å². The van der Waals surface area contributed by atoms with Crippen molar-refractivity contribution in [3.05, 3.63) is 88.9 Å². The second-order valence-electron chi connectivity index (χ2n) is 10.3. The summed E-state index contributed by atoms with van der Waals surface area (Å²) in [5.74, 6) is 0. The van der Waals surface area contributed by atoms with E-state index in [4.69, 9.17) is 12.1 Å². The first-order chi connectivity index (χ1) is 17.6. The van der Waals surface area contributed by atoms with Crippen LogP contribution in [0.15, 0.2) is 76.7 Å². The van der Waals surface area contributed by atoms with Crippen LogP contribution in [0.2, 0.25) is 0 Å². The lowest BCUT2D eigenvalue weighted by atomic mass is 9.83. The molecular formula is C32H29NOS. The van der Waals surface area contributed by atoms with Crippen LogP contribution in [0.5, 0.6) is 0 Å². The van der Waals surface area contributed by atoms with Crippen LogP contribution in [0, 0.1) is 19.3 Å². The number of thiophene rings is 1. The second kappa shape index (κ2) is 8.07. The smallest absolute Gasteiger partial charge is 0.153 e. The Kier molecular flexibility index (Phi) is 4.57. The average Bonchev–Trinajstić information content (AvgIpc) is 3.47. The molecule has 0 fully saturated rings. The lowest BCUT2D eigenvalue weighted by molar-refractivity contribution is 0.411. The molecule has 0 atom stereocenters. The topological polar surface area (TPSA) is 26.0 Å². The van der Waals surface area contributed by atoms with Gasteiger partial charge in [0, 0.05) is 25.3 Å². The molecule has 0 aliphatic heterocycles. The number of aryl methyl sites for hydroxylation is 2. The standard InChI is InChI=1S/C32H29NOS/c1-19-8-6-9-20(2)28(19)26-16-27(33-18-22(26)17-32(3,4)5)25-11-7-10-23-24-13-12-21-14-15-35-31(21)30(24)34-29(23)25/h6-16,18H,17H2,1-5H3/i17D2. The number of fused-ring (bicyclic) bond motifs is 5. The first-order valence-corrected chi connectivity index (χ1v) is 12.8. The molecule has 0 aliphatic rings. The Labute approximate surface area is 213 Å². The van der Waals surface area contributed by atoms with Gasteiger partial charge in [0.1, 0.15) is 5.58 Å². The molecule has 0 aliphatic carbocycles. The molecule has 35 heavy (non-hydrogen) atoms. The third-order valence-corrected chi connectivity index (χ3v) is 7.45. The molecule has 3 aromatic carbocycles. The Morgan fingerprint density at radius 3 is 2.40 bits per heavy atom. The fraction of sp³-hybridized carbons (Fsp3) is 0.219. The van der Waals surface area contributed by atoms with Crippen molar-refractivity contribution in [2.75, 3.05) is 0 Å². The maximum Gasteiger partial charge on any atom is 0.153 e. The van der Waals surface area contributed by atoms with E-state index in [0.29, 0.717) is 5.56 Å². The third kappa shape index (κ3) is 3.75. The van der Waals surface area contributed by atoms with Gasteiger partial charge >= 0.3 is 0 Å². The number of hydrogen-bond acceptors (Lipinski definition) is 3. The summed E-state index contributed by atoms with van der Waals surface area (Å²) in [5, 5.41) is 5.44. The lowest BCUT2D eigenvalue weighted by Crippen LogP contribution is -2.11. The maximum absolute atomic E-state index is 9.10. The van der Waals surface area contributed by atoms with Gasteiger partial charge in [0.2, 0.25) is 0 Å². The molecule has 0 bridgehead atoms. The van der Waals surface area contributed by atoms with E-state index in [1.165, 1.54) is 5.39 Å². The Bertz CT molecular complexity index is 1800. The zero-order chi connectivity index (χ0) is 26.1. The molecule has 0 amide bonds. The van der Waals surface area contributed by atoms with E-state index in [0.717, 1.165) is 60.1 Å². The van der Waals surface area contributed by atoms with Gasteiger partial charge in [0.25, 0.3) is 0 Å². The monoisotopic (exact) mass is 477 g/mol. The second-order valence-corrected chi connectivity index (χ2v) is 11.2. The van der Waals surface area contributed by atoms with Crippen molar-refractivity contribution in [1.82, 2.24) is 4.98 Å². The van der Waals surface area contributed by atoms with Crippen molar-refractivity contribution in [3.8, 4) is 22.4 Å². The molecule has 0 radical (unpaired) electrons. The van der Waals surface area contributed by atoms with Crippen LogP contribution in [0.25, 0.3) is 54.4 Å². The largest absolute Gasteiger partial charge is 0.454 e. The Hall–Kier alpha value is -3.43. The predicted octanol–water partition coefficient (Wildman–Crippen LogP) is 9.74. The van der Waals surface area contributed by atoms with Gasteiger partial charge in [-0.3, -0.25) is 4.98 Å². The van der Waals surface area contributed by atoms with Crippen LogP contribution in [0.1, 0.15) is 40.2 Å². The molecular weight excluding hydrogens is 446 g/mol. The highest BCUT2D eigenvalue weighted by Crippen LogP contribution is 2.41. The molecule has 3 heterocycles. The fourth-order valence-electron chi connectivity index (χ4n) is 5.03. The molecule has 174 valence electrons. The van der Waals surface area contributed by atoms with Crippen LogP contribution < -0.4 is 0 Å². The van der Waals surface area contributed by atoms with Crippen molar-refractivity contribution in [3.63, 3.8) is 0 Å². The first-order valence-electron chi connectivity index (χ1n) is 13.0. The number of hydrogen-bond donors (Lipinski definition) is 0. The van der Waals surface area contributed by atoms with Gasteiger partial charge < -0.3 is 4.42 Å². The van der Waals surface area contributed by atoms with Crippen LogP contribution >= 0.6 is 11.3 Å². The van der Waals surface area contributed by atoms with E-state index in [-0.39, 0.29) is 0 Å². The molecule has 6 aromatic rings. The van der Waals surface area contributed by atoms with E-state index in [9.17, 15) is 0 Å². The van der Waals surface area contributed by atoms with Crippen molar-refractivity contribution in [2.24, 2.45) is 5.41 Å². The maximum atomic E-state index is 9.10. The number of nitrogens with zero attached hydrogens (tertiary/aromatic N) is 1. The molecule has 3 heteroatoms. The highest BCUT2D eigenvalue weighted by Gasteiger charge is 2.20. The number of rotatable bonds is 3. The zero-order valence-electron chi connectivity index (χ0n) is 22.7. The average molecular weight is 478 g/mol. The fourth-order valence-corrected chi connectivity index (χ4v) is 5.92. The molecule has 0 N–H and O–H groups in total. The van der Waals surface area contributed by atoms with Gasteiger partial charge in [-0.05, 0) is 88.5 Å². The Balaban J connectivity index is 1.65. The highest BCUT2D eigenvalue weighted by atomic mass is 32.1. The summed E-state index contributed by atoms with van der Waals surface area (Å²) in [6.45, 7) is 10.00. The lowest BCUT2D eigenvalue weighted by Gasteiger charge is -2.22.